The normalized spacial score (nSPS) is 22.5. The van der Waals surface area contributed by atoms with Crippen molar-refractivity contribution in [2.75, 3.05) is 5.73 Å². The van der Waals surface area contributed by atoms with Gasteiger partial charge in [0.1, 0.15) is 5.82 Å². The minimum atomic E-state index is -0.515. The van der Waals surface area contributed by atoms with Crippen LogP contribution in [0.1, 0.15) is 30.6 Å². The van der Waals surface area contributed by atoms with Crippen LogP contribution in [0.25, 0.3) is 0 Å². The number of benzene rings is 1. The van der Waals surface area contributed by atoms with E-state index < -0.39 is 5.82 Å². The highest BCUT2D eigenvalue weighted by Crippen LogP contribution is 2.53. The molecular weight excluding hydrogens is 193 g/mol. The molecule has 2 N–H and O–H groups in total. The van der Waals surface area contributed by atoms with Gasteiger partial charge in [-0.1, -0.05) is 13.8 Å². The summed E-state index contributed by atoms with van der Waals surface area (Å²) in [7, 11) is 0. The Morgan fingerprint density at radius 2 is 2.13 bits per heavy atom. The molecule has 1 aromatic carbocycles. The fourth-order valence-corrected chi connectivity index (χ4v) is 1.80. The average Bonchev–Trinajstić information content (AvgIpc) is 2.79. The number of carbonyl (C=O) groups is 1. The zero-order chi connectivity index (χ0) is 11.2. The predicted molar refractivity (Wildman–Crippen MR) is 57.0 cm³/mol. The van der Waals surface area contributed by atoms with Crippen LogP contribution in [0.3, 0.4) is 0 Å². The first-order valence-corrected chi connectivity index (χ1v) is 5.01. The fraction of sp³-hybridized carbons (Fsp3) is 0.417. The highest BCUT2D eigenvalue weighted by molar-refractivity contribution is 6.00. The van der Waals surface area contributed by atoms with E-state index in [2.05, 4.69) is 0 Å². The van der Waals surface area contributed by atoms with Gasteiger partial charge in [0.25, 0.3) is 0 Å². The molecule has 1 aliphatic rings. The maximum atomic E-state index is 13.1. The minimum absolute atomic E-state index is 0.0268. The lowest BCUT2D eigenvalue weighted by Crippen LogP contribution is -2.07. The van der Waals surface area contributed by atoms with Gasteiger partial charge in [0, 0.05) is 11.5 Å². The van der Waals surface area contributed by atoms with Gasteiger partial charge in [0.15, 0.2) is 5.78 Å². The van der Waals surface area contributed by atoms with E-state index >= 15 is 0 Å². The highest BCUT2D eigenvalue weighted by Gasteiger charge is 2.50. The maximum absolute atomic E-state index is 13.1. The van der Waals surface area contributed by atoms with Crippen molar-refractivity contribution in [2.24, 2.45) is 11.3 Å². The van der Waals surface area contributed by atoms with E-state index in [-0.39, 0.29) is 22.8 Å². The minimum Gasteiger partial charge on any atom is -0.396 e. The Labute approximate surface area is 88.3 Å². The molecule has 0 saturated heterocycles. The summed E-state index contributed by atoms with van der Waals surface area (Å²) in [5.41, 5.74) is 5.94. The van der Waals surface area contributed by atoms with Crippen LogP contribution in [0, 0.1) is 17.2 Å². The number of halogens is 1. The first-order valence-electron chi connectivity index (χ1n) is 5.01. The summed E-state index contributed by atoms with van der Waals surface area (Å²) in [4.78, 5) is 11.9. The molecule has 80 valence electrons. The van der Waals surface area contributed by atoms with Crippen LogP contribution in [0.4, 0.5) is 10.1 Å². The van der Waals surface area contributed by atoms with Crippen molar-refractivity contribution < 1.29 is 9.18 Å². The Hall–Kier alpha value is -1.38. The van der Waals surface area contributed by atoms with Gasteiger partial charge in [-0.2, -0.15) is 0 Å². The van der Waals surface area contributed by atoms with E-state index in [0.29, 0.717) is 5.56 Å². The van der Waals surface area contributed by atoms with Crippen molar-refractivity contribution in [1.82, 2.24) is 0 Å². The molecule has 0 radical (unpaired) electrons. The molecule has 0 bridgehead atoms. The van der Waals surface area contributed by atoms with Gasteiger partial charge in [0.2, 0.25) is 0 Å². The summed E-state index contributed by atoms with van der Waals surface area (Å²) in [6.45, 7) is 4.09. The largest absolute Gasteiger partial charge is 0.396 e. The number of anilines is 1. The van der Waals surface area contributed by atoms with E-state index in [4.69, 9.17) is 5.73 Å². The van der Waals surface area contributed by atoms with E-state index in [9.17, 15) is 9.18 Å². The third kappa shape index (κ3) is 1.74. The van der Waals surface area contributed by atoms with Crippen molar-refractivity contribution in [3.05, 3.63) is 29.6 Å². The number of nitrogens with two attached hydrogens (primary N) is 1. The van der Waals surface area contributed by atoms with Crippen molar-refractivity contribution in [3.63, 3.8) is 0 Å². The topological polar surface area (TPSA) is 43.1 Å². The first-order chi connectivity index (χ1) is 6.92. The molecule has 15 heavy (non-hydrogen) atoms. The second-order valence-corrected chi connectivity index (χ2v) is 4.85. The van der Waals surface area contributed by atoms with E-state index in [1.54, 1.807) is 6.07 Å². The predicted octanol–water partition coefficient (Wildman–Crippen LogP) is 2.64. The van der Waals surface area contributed by atoms with Crippen molar-refractivity contribution in [2.45, 2.75) is 20.3 Å². The summed E-state index contributed by atoms with van der Waals surface area (Å²) >= 11 is 0. The van der Waals surface area contributed by atoms with E-state index in [1.165, 1.54) is 12.1 Å². The van der Waals surface area contributed by atoms with Crippen molar-refractivity contribution in [3.8, 4) is 0 Å². The highest BCUT2D eigenvalue weighted by atomic mass is 19.1. The smallest absolute Gasteiger partial charge is 0.166 e. The number of hydrogen-bond donors (Lipinski definition) is 1. The Morgan fingerprint density at radius 3 is 2.60 bits per heavy atom. The summed E-state index contributed by atoms with van der Waals surface area (Å²) in [5.74, 6) is -0.446. The van der Waals surface area contributed by atoms with Gasteiger partial charge in [0.05, 0.1) is 5.69 Å². The van der Waals surface area contributed by atoms with Crippen LogP contribution in [0.15, 0.2) is 18.2 Å². The Morgan fingerprint density at radius 1 is 1.53 bits per heavy atom. The van der Waals surface area contributed by atoms with Gasteiger partial charge in [-0.25, -0.2) is 4.39 Å². The molecule has 0 amide bonds. The number of ketones is 1. The third-order valence-corrected chi connectivity index (χ3v) is 3.11. The van der Waals surface area contributed by atoms with Gasteiger partial charge in [-0.3, -0.25) is 4.79 Å². The molecular formula is C12H14FNO. The van der Waals surface area contributed by atoms with Crippen LogP contribution >= 0.6 is 0 Å². The molecule has 1 aromatic rings. The summed E-state index contributed by atoms with van der Waals surface area (Å²) in [5, 5.41) is 0. The van der Waals surface area contributed by atoms with Gasteiger partial charge in [-0.05, 0) is 30.0 Å². The third-order valence-electron chi connectivity index (χ3n) is 3.11. The lowest BCUT2D eigenvalue weighted by molar-refractivity contribution is 0.0953. The van der Waals surface area contributed by atoms with Crippen LogP contribution in [0.2, 0.25) is 0 Å². The van der Waals surface area contributed by atoms with Crippen LogP contribution in [-0.2, 0) is 0 Å². The molecule has 0 aliphatic heterocycles. The summed E-state index contributed by atoms with van der Waals surface area (Å²) in [6, 6.07) is 4.26. The second-order valence-electron chi connectivity index (χ2n) is 4.85. The number of Topliss-reactive ketones (excluding diaryl/α,β-unsaturated/α-hetero) is 1. The maximum Gasteiger partial charge on any atom is 0.166 e. The average molecular weight is 207 g/mol. The molecule has 1 atom stereocenters. The monoisotopic (exact) mass is 207 g/mol. The Balaban J connectivity index is 2.24. The quantitative estimate of drug-likeness (QED) is 0.598. The van der Waals surface area contributed by atoms with Crippen LogP contribution in [-0.4, -0.2) is 5.78 Å². The fourth-order valence-electron chi connectivity index (χ4n) is 1.80. The molecule has 1 fully saturated rings. The van der Waals surface area contributed by atoms with Crippen LogP contribution < -0.4 is 5.73 Å². The Kier molecular flexibility index (Phi) is 2.07. The molecule has 0 spiro atoms. The second kappa shape index (κ2) is 3.05. The molecule has 0 aromatic heterocycles. The molecule has 2 nitrogen and oxygen atoms in total. The number of carbonyl (C=O) groups excluding carboxylic acids is 1. The molecule has 1 aliphatic carbocycles. The summed E-state index contributed by atoms with van der Waals surface area (Å²) in [6.07, 6.45) is 0.887. The van der Waals surface area contributed by atoms with Gasteiger partial charge < -0.3 is 5.73 Å². The zero-order valence-corrected chi connectivity index (χ0v) is 8.88. The van der Waals surface area contributed by atoms with Gasteiger partial charge in [-0.15, -0.1) is 0 Å². The summed E-state index contributed by atoms with van der Waals surface area (Å²) < 4.78 is 13.1. The van der Waals surface area contributed by atoms with Gasteiger partial charge >= 0.3 is 0 Å². The number of rotatable bonds is 2. The van der Waals surface area contributed by atoms with Crippen molar-refractivity contribution in [1.29, 1.82) is 0 Å². The Bertz CT molecular complexity index is 426. The number of hydrogen-bond acceptors (Lipinski definition) is 2. The van der Waals surface area contributed by atoms with E-state index in [1.807, 2.05) is 13.8 Å². The van der Waals surface area contributed by atoms with Crippen molar-refractivity contribution >= 4 is 11.5 Å². The van der Waals surface area contributed by atoms with E-state index in [0.717, 1.165) is 6.42 Å². The zero-order valence-electron chi connectivity index (χ0n) is 8.88. The molecule has 1 unspecified atom stereocenters. The first kappa shape index (κ1) is 10.1. The van der Waals surface area contributed by atoms with Crippen LogP contribution in [0.5, 0.6) is 0 Å². The molecule has 1 saturated carbocycles. The molecule has 3 heteroatoms. The molecule has 0 heterocycles. The number of nitrogen functional groups attached to an aromatic ring is 1. The lowest BCUT2D eigenvalue weighted by Gasteiger charge is -2.04. The standard InChI is InChI=1S/C12H14FNO/c1-12(2)6-8(12)11(15)7-3-4-10(14)9(13)5-7/h3-5,8H,6,14H2,1-2H3. The lowest BCUT2D eigenvalue weighted by atomic mass is 10.0. The SMILES string of the molecule is CC1(C)CC1C(=O)c1ccc(N)c(F)c1. The molecule has 2 rings (SSSR count).